The smallest absolute Gasteiger partial charge is 0.0338 e. The summed E-state index contributed by atoms with van der Waals surface area (Å²) in [7, 11) is 0. The Morgan fingerprint density at radius 1 is 1.05 bits per heavy atom. The van der Waals surface area contributed by atoms with Gasteiger partial charge in [0, 0.05) is 31.2 Å². The van der Waals surface area contributed by atoms with Crippen molar-refractivity contribution in [2.75, 3.05) is 19.6 Å². The van der Waals surface area contributed by atoms with Crippen LogP contribution in [-0.4, -0.2) is 36.1 Å². The van der Waals surface area contributed by atoms with E-state index in [4.69, 9.17) is 0 Å². The van der Waals surface area contributed by atoms with Gasteiger partial charge in [-0.25, -0.2) is 0 Å². The predicted octanol–water partition coefficient (Wildman–Crippen LogP) is 3.73. The van der Waals surface area contributed by atoms with Crippen molar-refractivity contribution in [3.63, 3.8) is 0 Å². The van der Waals surface area contributed by atoms with Crippen molar-refractivity contribution >= 4 is 0 Å². The standard InChI is InChI=1S/C18H32N2/c1-2-13-20-14-17(16-9-5-3-6-10-16)19-15-18(20)11-7-4-8-12-18/h2,16-17,19H,1,3-15H2. The Morgan fingerprint density at radius 2 is 1.75 bits per heavy atom. The molecule has 1 heterocycles. The van der Waals surface area contributed by atoms with Crippen molar-refractivity contribution in [1.82, 2.24) is 10.2 Å². The summed E-state index contributed by atoms with van der Waals surface area (Å²) in [4.78, 5) is 2.79. The highest BCUT2D eigenvalue weighted by Gasteiger charge is 2.43. The molecule has 114 valence electrons. The fourth-order valence-corrected chi connectivity index (χ4v) is 4.91. The molecule has 0 bridgehead atoms. The van der Waals surface area contributed by atoms with Gasteiger partial charge in [0.15, 0.2) is 0 Å². The van der Waals surface area contributed by atoms with Gasteiger partial charge in [0.2, 0.25) is 0 Å². The third kappa shape index (κ3) is 2.96. The molecule has 0 aromatic carbocycles. The summed E-state index contributed by atoms with van der Waals surface area (Å²) in [6, 6.07) is 0.739. The molecule has 2 saturated carbocycles. The van der Waals surface area contributed by atoms with E-state index in [-0.39, 0.29) is 0 Å². The number of nitrogens with one attached hydrogen (secondary N) is 1. The van der Waals surface area contributed by atoms with E-state index in [1.54, 1.807) is 0 Å². The normalized spacial score (nSPS) is 32.3. The van der Waals surface area contributed by atoms with Crippen LogP contribution in [0, 0.1) is 5.92 Å². The van der Waals surface area contributed by atoms with Gasteiger partial charge in [-0.2, -0.15) is 0 Å². The first-order valence-electron chi connectivity index (χ1n) is 8.93. The van der Waals surface area contributed by atoms with Gasteiger partial charge < -0.3 is 5.32 Å². The van der Waals surface area contributed by atoms with E-state index < -0.39 is 0 Å². The second kappa shape index (κ2) is 6.62. The van der Waals surface area contributed by atoms with Gasteiger partial charge in [-0.15, -0.1) is 6.58 Å². The zero-order chi connectivity index (χ0) is 13.8. The second-order valence-corrected chi connectivity index (χ2v) is 7.36. The zero-order valence-electron chi connectivity index (χ0n) is 13.1. The van der Waals surface area contributed by atoms with Gasteiger partial charge in [-0.1, -0.05) is 44.6 Å². The maximum atomic E-state index is 4.01. The minimum Gasteiger partial charge on any atom is -0.311 e. The third-order valence-corrected chi connectivity index (χ3v) is 6.13. The fraction of sp³-hybridized carbons (Fsp3) is 0.889. The lowest BCUT2D eigenvalue weighted by Gasteiger charge is -2.53. The molecule has 20 heavy (non-hydrogen) atoms. The summed E-state index contributed by atoms with van der Waals surface area (Å²) in [5.74, 6) is 0.928. The molecule has 1 saturated heterocycles. The van der Waals surface area contributed by atoms with E-state index >= 15 is 0 Å². The number of nitrogens with zero attached hydrogens (tertiary/aromatic N) is 1. The number of hydrogen-bond acceptors (Lipinski definition) is 2. The summed E-state index contributed by atoms with van der Waals surface area (Å²) in [6.45, 7) is 7.58. The topological polar surface area (TPSA) is 15.3 Å². The molecule has 2 aliphatic carbocycles. The largest absolute Gasteiger partial charge is 0.311 e. The zero-order valence-corrected chi connectivity index (χ0v) is 13.1. The summed E-state index contributed by atoms with van der Waals surface area (Å²) >= 11 is 0. The molecule has 3 aliphatic rings. The number of piperazine rings is 1. The maximum Gasteiger partial charge on any atom is 0.0338 e. The van der Waals surface area contributed by atoms with Crippen LogP contribution < -0.4 is 5.32 Å². The molecular weight excluding hydrogens is 244 g/mol. The monoisotopic (exact) mass is 276 g/mol. The lowest BCUT2D eigenvalue weighted by molar-refractivity contribution is 0.00445. The molecule has 1 N–H and O–H groups in total. The van der Waals surface area contributed by atoms with Crippen molar-refractivity contribution in [2.45, 2.75) is 75.8 Å². The fourth-order valence-electron chi connectivity index (χ4n) is 4.91. The van der Waals surface area contributed by atoms with Gasteiger partial charge in [0.1, 0.15) is 0 Å². The van der Waals surface area contributed by atoms with E-state index in [0.29, 0.717) is 5.54 Å². The van der Waals surface area contributed by atoms with Crippen LogP contribution in [0.3, 0.4) is 0 Å². The molecule has 3 rings (SSSR count). The van der Waals surface area contributed by atoms with E-state index in [1.165, 1.54) is 77.3 Å². The Bertz CT molecular complexity index is 313. The molecule has 2 heteroatoms. The van der Waals surface area contributed by atoms with Gasteiger partial charge in [-0.3, -0.25) is 4.90 Å². The Labute approximate surface area is 125 Å². The number of hydrogen-bond donors (Lipinski definition) is 1. The molecule has 0 aromatic heterocycles. The summed E-state index contributed by atoms with van der Waals surface area (Å²) in [5.41, 5.74) is 0.456. The quantitative estimate of drug-likeness (QED) is 0.790. The van der Waals surface area contributed by atoms with Crippen molar-refractivity contribution < 1.29 is 0 Å². The van der Waals surface area contributed by atoms with Gasteiger partial charge >= 0.3 is 0 Å². The highest BCUT2D eigenvalue weighted by Crippen LogP contribution is 2.37. The molecule has 0 radical (unpaired) electrons. The Morgan fingerprint density at radius 3 is 2.45 bits per heavy atom. The Kier molecular flexibility index (Phi) is 4.83. The van der Waals surface area contributed by atoms with Crippen LogP contribution in [0.25, 0.3) is 0 Å². The third-order valence-electron chi connectivity index (χ3n) is 6.13. The van der Waals surface area contributed by atoms with Crippen LogP contribution in [0.5, 0.6) is 0 Å². The maximum absolute atomic E-state index is 4.01. The van der Waals surface area contributed by atoms with E-state index in [9.17, 15) is 0 Å². The van der Waals surface area contributed by atoms with Gasteiger partial charge in [0.25, 0.3) is 0 Å². The van der Waals surface area contributed by atoms with Crippen LogP contribution in [0.4, 0.5) is 0 Å². The van der Waals surface area contributed by atoms with Crippen LogP contribution in [0.2, 0.25) is 0 Å². The minimum absolute atomic E-state index is 0.456. The van der Waals surface area contributed by atoms with Gasteiger partial charge in [0.05, 0.1) is 0 Å². The number of rotatable bonds is 3. The average molecular weight is 276 g/mol. The van der Waals surface area contributed by atoms with Gasteiger partial charge in [-0.05, 0) is 31.6 Å². The first-order valence-corrected chi connectivity index (χ1v) is 8.93. The highest BCUT2D eigenvalue weighted by molar-refractivity contribution is 5.03. The first kappa shape index (κ1) is 14.6. The lowest BCUT2D eigenvalue weighted by atomic mass is 9.75. The van der Waals surface area contributed by atoms with Crippen molar-refractivity contribution in [3.8, 4) is 0 Å². The molecule has 1 aliphatic heterocycles. The molecular formula is C18H32N2. The Balaban J connectivity index is 1.66. The molecule has 3 fully saturated rings. The summed E-state index contributed by atoms with van der Waals surface area (Å²) in [6.07, 6.45) is 16.5. The Hall–Kier alpha value is -0.340. The molecule has 0 amide bonds. The summed E-state index contributed by atoms with van der Waals surface area (Å²) in [5, 5.41) is 3.96. The second-order valence-electron chi connectivity index (χ2n) is 7.36. The molecule has 0 aromatic rings. The average Bonchev–Trinajstić information content (AvgIpc) is 2.52. The van der Waals surface area contributed by atoms with E-state index in [2.05, 4.69) is 22.9 Å². The van der Waals surface area contributed by atoms with Crippen LogP contribution >= 0.6 is 0 Å². The highest BCUT2D eigenvalue weighted by atomic mass is 15.3. The van der Waals surface area contributed by atoms with Crippen molar-refractivity contribution in [2.24, 2.45) is 5.92 Å². The molecule has 1 atom stereocenters. The summed E-state index contributed by atoms with van der Waals surface area (Å²) < 4.78 is 0. The molecule has 2 nitrogen and oxygen atoms in total. The molecule has 1 unspecified atom stereocenters. The van der Waals surface area contributed by atoms with Crippen molar-refractivity contribution in [3.05, 3.63) is 12.7 Å². The lowest BCUT2D eigenvalue weighted by Crippen LogP contribution is -2.66. The van der Waals surface area contributed by atoms with Crippen LogP contribution in [-0.2, 0) is 0 Å². The van der Waals surface area contributed by atoms with Crippen LogP contribution in [0.1, 0.15) is 64.2 Å². The van der Waals surface area contributed by atoms with Crippen LogP contribution in [0.15, 0.2) is 12.7 Å². The predicted molar refractivity (Wildman–Crippen MR) is 86.0 cm³/mol. The van der Waals surface area contributed by atoms with E-state index in [0.717, 1.165) is 18.5 Å². The van der Waals surface area contributed by atoms with E-state index in [1.807, 2.05) is 0 Å². The minimum atomic E-state index is 0.456. The molecule has 1 spiro atoms. The first-order chi connectivity index (χ1) is 9.84. The van der Waals surface area contributed by atoms with Crippen molar-refractivity contribution in [1.29, 1.82) is 0 Å². The SMILES string of the molecule is C=CCN1CC(C2CCCCC2)NCC12CCCCC2.